The van der Waals surface area contributed by atoms with Crippen molar-refractivity contribution in [2.45, 2.75) is 26.2 Å². The Morgan fingerprint density at radius 1 is 1.14 bits per heavy atom. The number of hydrogen-bond acceptors (Lipinski definition) is 5. The topological polar surface area (TPSA) is 106 Å². The molecule has 4 N–H and O–H groups in total. The predicted octanol–water partition coefficient (Wildman–Crippen LogP) is 4.97. The first-order chi connectivity index (χ1) is 17.7. The fourth-order valence-electron chi connectivity index (χ4n) is 3.95. The van der Waals surface area contributed by atoms with Crippen LogP contribution in [-0.4, -0.2) is 32.4 Å². The number of nitrogens with zero attached hydrogens (tertiary/aromatic N) is 3. The Morgan fingerprint density at radius 3 is 2.57 bits per heavy atom. The molecule has 0 aliphatic rings. The summed E-state index contributed by atoms with van der Waals surface area (Å²) in [4.78, 5) is 16.9. The lowest BCUT2D eigenvalue weighted by molar-refractivity contribution is 0.0563. The lowest BCUT2D eigenvalue weighted by Crippen LogP contribution is -2.31. The van der Waals surface area contributed by atoms with Crippen LogP contribution in [0.5, 0.6) is 0 Å². The zero-order valence-corrected chi connectivity index (χ0v) is 19.6. The molecule has 192 valence electrons. The van der Waals surface area contributed by atoms with Crippen molar-refractivity contribution in [1.29, 1.82) is 0 Å². The molecule has 0 saturated heterocycles. The maximum absolute atomic E-state index is 15.0. The molecule has 0 fully saturated rings. The number of carbonyl (C=O) groups excluding carboxylic acids is 1. The highest BCUT2D eigenvalue weighted by atomic mass is 19.3. The van der Waals surface area contributed by atoms with Crippen LogP contribution in [0.25, 0.3) is 22.3 Å². The number of aliphatic hydroxyl groups excluding tert-OH is 1. The number of anilines is 1. The van der Waals surface area contributed by atoms with Gasteiger partial charge in [0, 0.05) is 29.1 Å². The van der Waals surface area contributed by atoms with Crippen LogP contribution in [0.15, 0.2) is 60.9 Å². The highest BCUT2D eigenvalue weighted by Gasteiger charge is 2.20. The lowest BCUT2D eigenvalue weighted by Gasteiger charge is -2.18. The number of amides is 1. The van der Waals surface area contributed by atoms with E-state index < -0.39 is 37.6 Å². The van der Waals surface area contributed by atoms with Gasteiger partial charge in [-0.05, 0) is 41.8 Å². The molecular formula is C26H23F4N5O2. The van der Waals surface area contributed by atoms with Crippen molar-refractivity contribution >= 4 is 11.7 Å². The molecule has 0 aliphatic heterocycles. The summed E-state index contributed by atoms with van der Waals surface area (Å²) in [6.45, 7) is -2.41. The minimum Gasteiger partial charge on any atom is -0.394 e. The molecule has 1 atom stereocenters. The molecule has 4 rings (SSSR count). The van der Waals surface area contributed by atoms with E-state index in [2.05, 4.69) is 15.4 Å². The van der Waals surface area contributed by atoms with Gasteiger partial charge in [0.25, 0.3) is 5.91 Å². The second-order valence-electron chi connectivity index (χ2n) is 8.32. The molecule has 1 amide bonds. The van der Waals surface area contributed by atoms with E-state index in [9.17, 15) is 23.1 Å². The van der Waals surface area contributed by atoms with E-state index in [-0.39, 0.29) is 11.4 Å². The number of aliphatic hydroxyl groups is 1. The molecule has 0 bridgehead atoms. The molecule has 0 spiro atoms. The number of nitrogens with one attached hydrogen (secondary N) is 1. The number of carbonyl (C=O) groups is 1. The van der Waals surface area contributed by atoms with Crippen molar-refractivity contribution < 1.29 is 27.5 Å². The Balaban J connectivity index is 1.61. The van der Waals surface area contributed by atoms with Gasteiger partial charge in [0.1, 0.15) is 18.3 Å². The first-order valence-electron chi connectivity index (χ1n) is 11.2. The highest BCUT2D eigenvalue weighted by Crippen LogP contribution is 2.32. The molecule has 1 unspecified atom stereocenters. The minimum absolute atomic E-state index is 0.0762. The average Bonchev–Trinajstić information content (AvgIpc) is 3.29. The third-order valence-corrected chi connectivity index (χ3v) is 5.87. The van der Waals surface area contributed by atoms with Gasteiger partial charge in [-0.2, -0.15) is 13.9 Å². The van der Waals surface area contributed by atoms with Gasteiger partial charge < -0.3 is 16.2 Å². The van der Waals surface area contributed by atoms with E-state index in [1.807, 2.05) is 0 Å². The number of aromatic nitrogens is 3. The summed E-state index contributed by atoms with van der Waals surface area (Å²) in [6.07, 6.45) is 2.59. The van der Waals surface area contributed by atoms with E-state index in [1.54, 1.807) is 31.2 Å². The second-order valence-corrected chi connectivity index (χ2v) is 8.32. The molecular weight excluding hydrogens is 490 g/mol. The summed E-state index contributed by atoms with van der Waals surface area (Å²) in [5, 5.41) is 16.1. The number of benzene rings is 2. The largest absolute Gasteiger partial charge is 0.394 e. The number of hydrogen-bond donors (Lipinski definition) is 3. The average molecular weight is 513 g/mol. The van der Waals surface area contributed by atoms with Crippen molar-refractivity contribution in [3.8, 4) is 22.3 Å². The van der Waals surface area contributed by atoms with E-state index in [0.29, 0.717) is 43.8 Å². The third kappa shape index (κ3) is 5.46. The quantitative estimate of drug-likeness (QED) is 0.289. The molecule has 2 heterocycles. The molecule has 2 aromatic heterocycles. The summed E-state index contributed by atoms with van der Waals surface area (Å²) < 4.78 is 54.6. The summed E-state index contributed by atoms with van der Waals surface area (Å²) in [6, 6.07) is 10.9. The van der Waals surface area contributed by atoms with Gasteiger partial charge >= 0.3 is 6.55 Å². The van der Waals surface area contributed by atoms with Crippen LogP contribution in [0, 0.1) is 12.7 Å². The van der Waals surface area contributed by atoms with Crippen LogP contribution in [0.2, 0.25) is 0 Å². The van der Waals surface area contributed by atoms with Crippen LogP contribution >= 0.6 is 0 Å². The van der Waals surface area contributed by atoms with Crippen molar-refractivity contribution in [3.63, 3.8) is 0 Å². The molecule has 37 heavy (non-hydrogen) atoms. The fraction of sp³-hybridized carbons (Fsp3) is 0.192. The molecule has 7 nitrogen and oxygen atoms in total. The fourth-order valence-corrected chi connectivity index (χ4v) is 3.95. The van der Waals surface area contributed by atoms with Gasteiger partial charge in [0.05, 0.1) is 23.9 Å². The molecule has 0 radical (unpaired) electrons. The molecule has 11 heteroatoms. The Hall–Kier alpha value is -4.25. The zero-order chi connectivity index (χ0) is 26.7. The maximum Gasteiger partial charge on any atom is 0.333 e. The van der Waals surface area contributed by atoms with Crippen molar-refractivity contribution in [2.75, 3.05) is 12.3 Å². The number of halogens is 4. The summed E-state index contributed by atoms with van der Waals surface area (Å²) in [7, 11) is 0. The molecule has 0 saturated carbocycles. The van der Waals surface area contributed by atoms with Gasteiger partial charge in [-0.1, -0.05) is 30.3 Å². The minimum atomic E-state index is -2.81. The standard InChI is InChI=1S/C26H23F4N5O2/c1-14-21(12-35(34-14)26(29)30)18-8-20(24(31)32-11-18)16-5-6-19(22(28)9-16)25(37)33-23(13-36)17-4-2-3-15(7-17)10-27/h2-9,11-12,23,26,36H,10,13H2,1H3,(H2,31,32)(H,33,37). The van der Waals surface area contributed by atoms with Gasteiger partial charge in [-0.25, -0.2) is 18.4 Å². The van der Waals surface area contributed by atoms with Crippen molar-refractivity contribution in [3.05, 3.63) is 89.1 Å². The van der Waals surface area contributed by atoms with E-state index in [4.69, 9.17) is 5.73 Å². The summed E-state index contributed by atoms with van der Waals surface area (Å²) in [5.74, 6) is -1.55. The molecule has 2 aromatic carbocycles. The van der Waals surface area contributed by atoms with Crippen molar-refractivity contribution in [1.82, 2.24) is 20.1 Å². The summed E-state index contributed by atoms with van der Waals surface area (Å²) >= 11 is 0. The summed E-state index contributed by atoms with van der Waals surface area (Å²) in [5.41, 5.74) is 8.46. The normalized spacial score (nSPS) is 12.1. The monoisotopic (exact) mass is 513 g/mol. The first-order valence-corrected chi connectivity index (χ1v) is 11.2. The van der Waals surface area contributed by atoms with E-state index in [1.165, 1.54) is 30.6 Å². The van der Waals surface area contributed by atoms with Gasteiger partial charge in [0.15, 0.2) is 0 Å². The number of nitrogens with two attached hydrogens (primary N) is 1. The molecule has 0 aliphatic carbocycles. The van der Waals surface area contributed by atoms with E-state index in [0.717, 1.165) is 6.07 Å². The van der Waals surface area contributed by atoms with Crippen LogP contribution in [-0.2, 0) is 6.67 Å². The number of aryl methyl sites for hydroxylation is 1. The number of alkyl halides is 3. The highest BCUT2D eigenvalue weighted by molar-refractivity contribution is 5.95. The number of rotatable bonds is 8. The van der Waals surface area contributed by atoms with Crippen LogP contribution in [0.1, 0.15) is 39.8 Å². The SMILES string of the molecule is Cc1nn(C(F)F)cc1-c1cnc(N)c(-c2ccc(C(=O)NC(CO)c3cccc(CF)c3)c(F)c2)c1. The second kappa shape index (κ2) is 10.8. The predicted molar refractivity (Wildman–Crippen MR) is 130 cm³/mol. The smallest absolute Gasteiger partial charge is 0.333 e. The van der Waals surface area contributed by atoms with Crippen molar-refractivity contribution in [2.24, 2.45) is 0 Å². The Labute approximate surface area is 209 Å². The van der Waals surface area contributed by atoms with Crippen LogP contribution in [0.4, 0.5) is 23.4 Å². The van der Waals surface area contributed by atoms with Crippen LogP contribution in [0.3, 0.4) is 0 Å². The Kier molecular flexibility index (Phi) is 7.53. The van der Waals surface area contributed by atoms with Gasteiger partial charge in [-0.15, -0.1) is 0 Å². The van der Waals surface area contributed by atoms with Crippen LogP contribution < -0.4 is 11.1 Å². The first kappa shape index (κ1) is 25.8. The van der Waals surface area contributed by atoms with Gasteiger partial charge in [0.2, 0.25) is 0 Å². The Morgan fingerprint density at radius 2 is 1.92 bits per heavy atom. The van der Waals surface area contributed by atoms with E-state index >= 15 is 4.39 Å². The molecule has 4 aromatic rings. The third-order valence-electron chi connectivity index (χ3n) is 5.87. The number of pyridine rings is 1. The Bertz CT molecular complexity index is 1440. The lowest BCUT2D eigenvalue weighted by atomic mass is 9.99. The van der Waals surface area contributed by atoms with Gasteiger partial charge in [-0.3, -0.25) is 4.79 Å². The number of nitrogen functional groups attached to an aromatic ring is 1. The zero-order valence-electron chi connectivity index (χ0n) is 19.6. The maximum atomic E-state index is 15.0.